The molecule has 1 aliphatic heterocycles. The van der Waals surface area contributed by atoms with Crippen LogP contribution in [-0.4, -0.2) is 55.7 Å². The van der Waals surface area contributed by atoms with Crippen LogP contribution in [0.3, 0.4) is 0 Å². The fourth-order valence-corrected chi connectivity index (χ4v) is 4.24. The second kappa shape index (κ2) is 9.32. The SMILES string of the molecule is CC(=O)C(=O)N1CCC([C@@H](C)Nc2ncc(C#N)c(-c3c[nH]c4ncc(C(F)(F)F)cc34)n2)CC1. The Bertz CT molecular complexity index is 1320. The predicted molar refractivity (Wildman–Crippen MR) is 120 cm³/mol. The van der Waals surface area contributed by atoms with Crippen LogP contribution < -0.4 is 5.32 Å². The number of likely N-dealkylation sites (tertiary alicyclic amines) is 1. The zero-order valence-electron chi connectivity index (χ0n) is 19.0. The summed E-state index contributed by atoms with van der Waals surface area (Å²) >= 11 is 0. The Morgan fingerprint density at radius 1 is 1.26 bits per heavy atom. The number of H-pyrrole nitrogens is 1. The zero-order valence-corrected chi connectivity index (χ0v) is 19.0. The summed E-state index contributed by atoms with van der Waals surface area (Å²) in [6.45, 7) is 4.14. The van der Waals surface area contributed by atoms with E-state index in [2.05, 4.69) is 25.3 Å². The summed E-state index contributed by atoms with van der Waals surface area (Å²) in [5.74, 6) is -0.558. The second-order valence-electron chi connectivity index (χ2n) is 8.51. The van der Waals surface area contributed by atoms with Gasteiger partial charge in [-0.2, -0.15) is 18.4 Å². The standard InChI is InChI=1S/C23H22F3N7O2/c1-12(14-3-5-33(6-4-14)21(35)13(2)34)31-22-30-9-15(8-27)19(32-22)18-11-29-20-17(18)7-16(10-28-20)23(24,25)26/h7,9-12,14H,3-6H2,1-2H3,(H,28,29)(H,30,31,32)/t12-/m1/s1. The molecule has 4 heterocycles. The smallest absolute Gasteiger partial charge is 0.351 e. The highest BCUT2D eigenvalue weighted by atomic mass is 19.4. The summed E-state index contributed by atoms with van der Waals surface area (Å²) in [4.78, 5) is 40.1. The monoisotopic (exact) mass is 485 g/mol. The van der Waals surface area contributed by atoms with Crippen LogP contribution >= 0.6 is 0 Å². The van der Waals surface area contributed by atoms with Gasteiger partial charge in [-0.05, 0) is 31.7 Å². The van der Waals surface area contributed by atoms with E-state index in [4.69, 9.17) is 0 Å². The van der Waals surface area contributed by atoms with Crippen LogP contribution in [0.1, 0.15) is 37.8 Å². The predicted octanol–water partition coefficient (Wildman–Crippen LogP) is 3.54. The van der Waals surface area contributed by atoms with Crippen molar-refractivity contribution in [3.8, 4) is 17.3 Å². The molecular formula is C23H22F3N7O2. The Morgan fingerprint density at radius 2 is 1.97 bits per heavy atom. The van der Waals surface area contributed by atoms with Crippen molar-refractivity contribution in [3.63, 3.8) is 0 Å². The first-order chi connectivity index (χ1) is 16.6. The third-order valence-electron chi connectivity index (χ3n) is 6.21. The normalized spacial score (nSPS) is 15.6. The van der Waals surface area contributed by atoms with E-state index < -0.39 is 23.4 Å². The zero-order chi connectivity index (χ0) is 25.3. The molecule has 0 radical (unpaired) electrons. The number of carbonyl (C=O) groups excluding carboxylic acids is 2. The minimum atomic E-state index is -4.56. The van der Waals surface area contributed by atoms with E-state index in [0.717, 1.165) is 12.3 Å². The lowest BCUT2D eigenvalue weighted by molar-refractivity contribution is -0.144. The molecule has 0 saturated carbocycles. The number of ketones is 1. The molecule has 1 aliphatic rings. The molecule has 9 nitrogen and oxygen atoms in total. The van der Waals surface area contributed by atoms with Crippen LogP contribution in [-0.2, 0) is 15.8 Å². The number of carbonyl (C=O) groups is 2. The molecule has 1 amide bonds. The number of fused-ring (bicyclic) bond motifs is 1. The van der Waals surface area contributed by atoms with Gasteiger partial charge in [0.25, 0.3) is 5.91 Å². The highest BCUT2D eigenvalue weighted by Gasteiger charge is 2.32. The number of Topliss-reactive ketones (excluding diaryl/α,β-unsaturated/α-hetero) is 1. The summed E-state index contributed by atoms with van der Waals surface area (Å²) < 4.78 is 39.7. The van der Waals surface area contributed by atoms with Crippen LogP contribution in [0.25, 0.3) is 22.3 Å². The molecule has 35 heavy (non-hydrogen) atoms. The number of nitrogens with one attached hydrogen (secondary N) is 2. The molecule has 3 aromatic rings. The first kappa shape index (κ1) is 24.1. The summed E-state index contributed by atoms with van der Waals surface area (Å²) in [6, 6.07) is 2.87. The van der Waals surface area contributed by atoms with Crippen molar-refractivity contribution in [1.29, 1.82) is 5.26 Å². The fraction of sp³-hybridized carbons (Fsp3) is 0.391. The third kappa shape index (κ3) is 4.94. The lowest BCUT2D eigenvalue weighted by Gasteiger charge is -2.34. The average Bonchev–Trinajstić information content (AvgIpc) is 3.26. The van der Waals surface area contributed by atoms with Gasteiger partial charge < -0.3 is 15.2 Å². The summed E-state index contributed by atoms with van der Waals surface area (Å²) in [5.41, 5.74) is -0.0569. The minimum Gasteiger partial charge on any atom is -0.351 e. The molecule has 0 bridgehead atoms. The molecule has 0 aliphatic carbocycles. The molecule has 1 fully saturated rings. The molecule has 4 rings (SSSR count). The number of anilines is 1. The number of piperidine rings is 1. The number of hydrogen-bond acceptors (Lipinski definition) is 7. The quantitative estimate of drug-likeness (QED) is 0.529. The number of rotatable bonds is 5. The molecule has 12 heteroatoms. The summed E-state index contributed by atoms with van der Waals surface area (Å²) in [6.07, 6.45) is 0.348. The van der Waals surface area contributed by atoms with Gasteiger partial charge in [-0.25, -0.2) is 15.0 Å². The van der Waals surface area contributed by atoms with Crippen molar-refractivity contribution in [3.05, 3.63) is 35.8 Å². The summed E-state index contributed by atoms with van der Waals surface area (Å²) in [7, 11) is 0. The van der Waals surface area contributed by atoms with Gasteiger partial charge in [0, 0.05) is 49.4 Å². The molecule has 0 aromatic carbocycles. The van der Waals surface area contributed by atoms with Gasteiger partial charge in [-0.3, -0.25) is 9.59 Å². The van der Waals surface area contributed by atoms with Crippen LogP contribution in [0.2, 0.25) is 0 Å². The first-order valence-corrected chi connectivity index (χ1v) is 11.0. The van der Waals surface area contributed by atoms with Crippen LogP contribution in [0.5, 0.6) is 0 Å². The molecule has 3 aromatic heterocycles. The van der Waals surface area contributed by atoms with E-state index in [1.807, 2.05) is 13.0 Å². The van der Waals surface area contributed by atoms with E-state index in [1.54, 1.807) is 4.90 Å². The second-order valence-corrected chi connectivity index (χ2v) is 8.51. The van der Waals surface area contributed by atoms with Crippen molar-refractivity contribution >= 4 is 28.7 Å². The van der Waals surface area contributed by atoms with Gasteiger partial charge in [0.15, 0.2) is 0 Å². The van der Waals surface area contributed by atoms with Gasteiger partial charge in [0.05, 0.1) is 23.0 Å². The van der Waals surface area contributed by atoms with Crippen LogP contribution in [0, 0.1) is 17.2 Å². The Labute approximate surface area is 198 Å². The number of hydrogen-bond donors (Lipinski definition) is 2. The van der Waals surface area contributed by atoms with Crippen molar-refractivity contribution in [2.45, 2.75) is 38.9 Å². The maximum atomic E-state index is 13.2. The van der Waals surface area contributed by atoms with Gasteiger partial charge in [0.2, 0.25) is 11.7 Å². The van der Waals surface area contributed by atoms with E-state index in [-0.39, 0.29) is 40.2 Å². The number of nitrogens with zero attached hydrogens (tertiary/aromatic N) is 5. The van der Waals surface area contributed by atoms with Crippen molar-refractivity contribution in [2.75, 3.05) is 18.4 Å². The van der Waals surface area contributed by atoms with Gasteiger partial charge in [-0.1, -0.05) is 0 Å². The Hall–Kier alpha value is -4.01. The molecule has 2 N–H and O–H groups in total. The number of aromatic amines is 1. The molecule has 1 saturated heterocycles. The number of amides is 1. The minimum absolute atomic E-state index is 0.0909. The lowest BCUT2D eigenvalue weighted by atomic mass is 9.90. The first-order valence-electron chi connectivity index (χ1n) is 11.0. The highest BCUT2D eigenvalue weighted by Crippen LogP contribution is 2.35. The number of alkyl halides is 3. The van der Waals surface area contributed by atoms with Crippen LogP contribution in [0.4, 0.5) is 19.1 Å². The number of pyridine rings is 1. The van der Waals surface area contributed by atoms with E-state index in [0.29, 0.717) is 31.5 Å². The van der Waals surface area contributed by atoms with Gasteiger partial charge in [0.1, 0.15) is 11.7 Å². The van der Waals surface area contributed by atoms with Gasteiger partial charge in [-0.15, -0.1) is 0 Å². The average molecular weight is 485 g/mol. The van der Waals surface area contributed by atoms with E-state index >= 15 is 0 Å². The largest absolute Gasteiger partial charge is 0.417 e. The fourth-order valence-electron chi connectivity index (χ4n) is 4.24. The maximum absolute atomic E-state index is 13.2. The number of halogens is 3. The van der Waals surface area contributed by atoms with Gasteiger partial charge >= 0.3 is 6.18 Å². The lowest BCUT2D eigenvalue weighted by Crippen LogP contribution is -2.44. The maximum Gasteiger partial charge on any atom is 0.417 e. The Kier molecular flexibility index (Phi) is 6.43. The van der Waals surface area contributed by atoms with Crippen LogP contribution in [0.15, 0.2) is 24.7 Å². The molecule has 182 valence electrons. The summed E-state index contributed by atoms with van der Waals surface area (Å²) in [5, 5.41) is 12.9. The number of aromatic nitrogens is 4. The highest BCUT2D eigenvalue weighted by molar-refractivity contribution is 6.35. The molecule has 0 spiro atoms. The van der Waals surface area contributed by atoms with Crippen molar-refractivity contribution in [2.24, 2.45) is 5.92 Å². The number of nitriles is 1. The third-order valence-corrected chi connectivity index (χ3v) is 6.21. The molecule has 0 unspecified atom stereocenters. The van der Waals surface area contributed by atoms with Crippen molar-refractivity contribution in [1.82, 2.24) is 24.8 Å². The molecule has 1 atom stereocenters. The Morgan fingerprint density at radius 3 is 2.60 bits per heavy atom. The van der Waals surface area contributed by atoms with E-state index in [9.17, 15) is 28.0 Å². The Balaban J connectivity index is 1.57. The molecular weight excluding hydrogens is 463 g/mol. The van der Waals surface area contributed by atoms with E-state index in [1.165, 1.54) is 19.3 Å². The van der Waals surface area contributed by atoms with Crippen molar-refractivity contribution < 1.29 is 22.8 Å². The topological polar surface area (TPSA) is 128 Å².